The molecular formula is C57H61ClF2N14O6. The summed E-state index contributed by atoms with van der Waals surface area (Å²) < 4.78 is 57.6. The number of nitrogens with one attached hydrogen (secondary N) is 1. The van der Waals surface area contributed by atoms with Gasteiger partial charge in [0.25, 0.3) is 0 Å². The van der Waals surface area contributed by atoms with Gasteiger partial charge in [0.2, 0.25) is 0 Å². The molecule has 1 N–H and O–H groups in total. The van der Waals surface area contributed by atoms with Gasteiger partial charge in [-0.2, -0.15) is 20.4 Å². The van der Waals surface area contributed by atoms with E-state index in [0.717, 1.165) is 63.0 Å². The van der Waals surface area contributed by atoms with Crippen molar-refractivity contribution in [3.8, 4) is 34.4 Å². The highest BCUT2D eigenvalue weighted by atomic mass is 35.5. The van der Waals surface area contributed by atoms with Gasteiger partial charge < -0.3 is 24.4 Å². The van der Waals surface area contributed by atoms with Gasteiger partial charge in [0, 0.05) is 93.4 Å². The van der Waals surface area contributed by atoms with E-state index in [2.05, 4.69) is 15.5 Å². The van der Waals surface area contributed by atoms with Crippen LogP contribution in [0.2, 0.25) is 0 Å². The third-order valence-corrected chi connectivity index (χ3v) is 14.1. The Balaban J connectivity index is 0.000000180. The highest BCUT2D eigenvalue weighted by Gasteiger charge is 2.32. The van der Waals surface area contributed by atoms with Crippen LogP contribution in [0, 0.1) is 25.5 Å². The van der Waals surface area contributed by atoms with Crippen LogP contribution in [-0.4, -0.2) is 115 Å². The van der Waals surface area contributed by atoms with Crippen molar-refractivity contribution < 1.29 is 27.8 Å². The number of rotatable bonds is 12. The van der Waals surface area contributed by atoms with E-state index < -0.39 is 11.7 Å². The lowest BCUT2D eigenvalue weighted by atomic mass is 10.1. The number of methoxy groups -OCH3 is 2. The first kappa shape index (κ1) is 54.9. The van der Waals surface area contributed by atoms with E-state index in [9.17, 15) is 23.2 Å². The first-order chi connectivity index (χ1) is 38.1. The molecule has 0 saturated carbocycles. The molecule has 0 unspecified atom stereocenters. The van der Waals surface area contributed by atoms with E-state index in [4.69, 9.17) is 24.4 Å². The summed E-state index contributed by atoms with van der Waals surface area (Å²) in [6, 6.07) is 21.1. The number of aryl methyl sites for hydroxylation is 2. The first-order valence-electron chi connectivity index (χ1n) is 26.0. The number of amides is 1. The van der Waals surface area contributed by atoms with Gasteiger partial charge >= 0.3 is 17.5 Å². The molecule has 2 aliphatic rings. The normalized spacial score (nSPS) is 13.3. The highest BCUT2D eigenvalue weighted by molar-refractivity contribution is 5.85. The Labute approximate surface area is 464 Å². The molecule has 0 bridgehead atoms. The number of fused-ring (bicyclic) bond motifs is 4. The van der Waals surface area contributed by atoms with Crippen LogP contribution in [0.3, 0.4) is 0 Å². The van der Waals surface area contributed by atoms with Crippen molar-refractivity contribution >= 4 is 40.3 Å². The van der Waals surface area contributed by atoms with Crippen molar-refractivity contribution in [2.45, 2.75) is 79.2 Å². The van der Waals surface area contributed by atoms with Gasteiger partial charge in [-0.05, 0) is 119 Å². The van der Waals surface area contributed by atoms with Gasteiger partial charge in [-0.1, -0.05) is 0 Å². The zero-order valence-corrected chi connectivity index (χ0v) is 46.2. The van der Waals surface area contributed by atoms with E-state index >= 15 is 0 Å². The van der Waals surface area contributed by atoms with Crippen LogP contribution >= 0.6 is 12.4 Å². The van der Waals surface area contributed by atoms with E-state index in [1.54, 1.807) is 117 Å². The van der Waals surface area contributed by atoms with Crippen LogP contribution in [0.1, 0.15) is 54.4 Å². The molecule has 2 aliphatic heterocycles. The lowest BCUT2D eigenvalue weighted by Gasteiger charge is -2.29. The molecule has 0 radical (unpaired) electrons. The summed E-state index contributed by atoms with van der Waals surface area (Å²) >= 11 is 0. The molecule has 416 valence electrons. The predicted molar refractivity (Wildman–Crippen MR) is 300 cm³/mol. The third-order valence-electron chi connectivity index (χ3n) is 14.1. The molecule has 0 fully saturated rings. The number of carbonyl (C=O) groups is 1. The SMILES string of the molecule is COCCn1ncc2cc(-n3ccn(-c4c5c(nn4-c4ccc(F)c(C)c4)CCN(C(=O)OC(C)(C)C)C5)c3=O)ccc21.COCCn1ncc2cc(-n3ccn(-c4c5c(nn4-c4ccc(F)c(C)c4)CCNC5)c3=O)ccc21.Cl. The number of carbonyl (C=O) groups excluding carboxylic acids is 1. The van der Waals surface area contributed by atoms with Gasteiger partial charge in [-0.15, -0.1) is 12.4 Å². The Kier molecular flexibility index (Phi) is 15.3. The summed E-state index contributed by atoms with van der Waals surface area (Å²) in [6.45, 7) is 13.3. The summed E-state index contributed by atoms with van der Waals surface area (Å²) in [4.78, 5) is 42.4. The fourth-order valence-corrected chi connectivity index (χ4v) is 10.1. The third kappa shape index (κ3) is 10.5. The maximum atomic E-state index is 14.2. The fraction of sp³-hybridized carbons (Fsp3) is 0.316. The van der Waals surface area contributed by atoms with Crippen LogP contribution in [-0.2, 0) is 53.2 Å². The Bertz CT molecular complexity index is 4060. The molecule has 0 spiro atoms. The van der Waals surface area contributed by atoms with E-state index in [1.165, 1.54) is 16.7 Å². The minimum Gasteiger partial charge on any atom is -0.444 e. The Morgan fingerprint density at radius 3 is 1.60 bits per heavy atom. The number of benzene rings is 4. The second-order valence-electron chi connectivity index (χ2n) is 20.6. The van der Waals surface area contributed by atoms with Crippen LogP contribution in [0.15, 0.2) is 120 Å². The van der Waals surface area contributed by atoms with Crippen molar-refractivity contribution in [2.75, 3.05) is 40.5 Å². The molecule has 4 aromatic carbocycles. The van der Waals surface area contributed by atoms with Gasteiger partial charge in [0.15, 0.2) is 0 Å². The molecule has 20 nitrogen and oxygen atoms in total. The quantitative estimate of drug-likeness (QED) is 0.126. The molecule has 10 aromatic rings. The van der Waals surface area contributed by atoms with Crippen LogP contribution in [0.5, 0.6) is 0 Å². The topological polar surface area (TPSA) is 185 Å². The molecule has 12 rings (SSSR count). The summed E-state index contributed by atoms with van der Waals surface area (Å²) in [6.07, 6.45) is 11.3. The number of halogens is 3. The molecule has 1 amide bonds. The van der Waals surface area contributed by atoms with Crippen molar-refractivity contribution in [1.82, 2.24) is 67.6 Å². The summed E-state index contributed by atoms with van der Waals surface area (Å²) in [5.74, 6) is 0.553. The summed E-state index contributed by atoms with van der Waals surface area (Å²) in [5, 5.41) is 23.8. The largest absolute Gasteiger partial charge is 0.444 e. The lowest BCUT2D eigenvalue weighted by Crippen LogP contribution is -2.40. The Morgan fingerprint density at radius 2 is 1.11 bits per heavy atom. The molecule has 23 heteroatoms. The molecule has 0 aliphatic carbocycles. The van der Waals surface area contributed by atoms with Crippen molar-refractivity contribution in [2.24, 2.45) is 0 Å². The summed E-state index contributed by atoms with van der Waals surface area (Å²) in [5.41, 5.74) is 7.86. The highest BCUT2D eigenvalue weighted by Crippen LogP contribution is 2.31. The minimum absolute atomic E-state index is 0. The zero-order chi connectivity index (χ0) is 55.3. The van der Waals surface area contributed by atoms with E-state index in [0.29, 0.717) is 85.6 Å². The monoisotopic (exact) mass is 1110 g/mol. The molecule has 0 saturated heterocycles. The van der Waals surface area contributed by atoms with Gasteiger partial charge in [-0.25, -0.2) is 32.5 Å². The van der Waals surface area contributed by atoms with E-state index in [1.807, 2.05) is 66.5 Å². The number of ether oxygens (including phenoxy) is 3. The van der Waals surface area contributed by atoms with Gasteiger partial charge in [-0.3, -0.25) is 27.6 Å². The standard InChI is InChI=1S/C31H34FN7O4.C26H26FN7O2.ClH/c1-20-16-23(6-8-25(20)32)39-28(24-19-35(11-10-26(24)34-39)30(41)43-31(2,3)4)37-13-12-36(29(37)40)22-7-9-27-21(17-22)18-33-38(27)14-15-42-5;1-17-13-20(3-5-22(17)27)34-25(21-16-28-8-7-23(21)30-34)32-10-9-31(26(32)35)19-4-6-24-18(14-19)15-29-33(24)11-12-36-2;/h6-9,12-13,16-18H,10-11,14-15,19H2,1-5H3;3-6,9-10,13-15,28H,7-8,11-12,16H2,1-2H3;1H. The maximum absolute atomic E-state index is 14.2. The minimum atomic E-state index is -0.647. The van der Waals surface area contributed by atoms with E-state index in [-0.39, 0.29) is 42.0 Å². The van der Waals surface area contributed by atoms with Crippen molar-refractivity contribution in [1.29, 1.82) is 0 Å². The number of aromatic nitrogens is 12. The molecule has 80 heavy (non-hydrogen) atoms. The smallest absolute Gasteiger partial charge is 0.410 e. The van der Waals surface area contributed by atoms with Crippen LogP contribution < -0.4 is 16.7 Å². The number of imidazole rings is 2. The molecular weight excluding hydrogens is 1050 g/mol. The average Bonchev–Trinajstić information content (AvgIpc) is 4.50. The Morgan fingerprint density at radius 1 is 0.637 bits per heavy atom. The van der Waals surface area contributed by atoms with Crippen LogP contribution in [0.4, 0.5) is 13.6 Å². The van der Waals surface area contributed by atoms with Gasteiger partial charge in [0.1, 0.15) is 28.9 Å². The molecule has 0 atom stereocenters. The van der Waals surface area contributed by atoms with Gasteiger partial charge in [0.05, 0.1) is 90.4 Å². The maximum Gasteiger partial charge on any atom is 0.410 e. The predicted octanol–water partition coefficient (Wildman–Crippen LogP) is 7.88. The number of hydrogen-bond donors (Lipinski definition) is 1. The molecule has 6 aromatic heterocycles. The van der Waals surface area contributed by atoms with Crippen molar-refractivity contribution in [3.63, 3.8) is 0 Å². The second-order valence-corrected chi connectivity index (χ2v) is 20.6. The fourth-order valence-electron chi connectivity index (χ4n) is 10.1. The summed E-state index contributed by atoms with van der Waals surface area (Å²) in [7, 11) is 3.31. The first-order valence-corrected chi connectivity index (χ1v) is 26.0. The second kappa shape index (κ2) is 22.4. The van der Waals surface area contributed by atoms with Crippen LogP contribution in [0.25, 0.3) is 56.2 Å². The molecule has 8 heterocycles. The Hall–Kier alpha value is -8.44. The number of nitrogens with zero attached hydrogens (tertiary/aromatic N) is 13. The van der Waals surface area contributed by atoms with Crippen molar-refractivity contribution in [3.05, 3.63) is 176 Å². The average molecular weight is 1110 g/mol. The zero-order valence-electron chi connectivity index (χ0n) is 45.4. The lowest BCUT2D eigenvalue weighted by molar-refractivity contribution is 0.0223. The number of hydrogen-bond acceptors (Lipinski definition) is 11.